The normalized spacial score (nSPS) is 17.3. The summed E-state index contributed by atoms with van der Waals surface area (Å²) >= 11 is 0. The van der Waals surface area contributed by atoms with Gasteiger partial charge in [0.2, 0.25) is 0 Å². The van der Waals surface area contributed by atoms with Gasteiger partial charge in [-0.25, -0.2) is 0 Å². The lowest BCUT2D eigenvalue weighted by molar-refractivity contribution is -1.13. The lowest BCUT2D eigenvalue weighted by atomic mass is 9.99. The molecule has 0 heterocycles. The van der Waals surface area contributed by atoms with Gasteiger partial charge in [-0.3, -0.25) is 0 Å². The van der Waals surface area contributed by atoms with Gasteiger partial charge >= 0.3 is 72.2 Å². The Hall–Kier alpha value is -1.97. The summed E-state index contributed by atoms with van der Waals surface area (Å²) in [5.74, 6) is -56.9. The summed E-state index contributed by atoms with van der Waals surface area (Å²) in [5.41, 5.74) is 0. The number of halogens is 27. The van der Waals surface area contributed by atoms with E-state index in [0.29, 0.717) is 0 Å². The summed E-state index contributed by atoms with van der Waals surface area (Å²) in [4.78, 5) is 0. The van der Waals surface area contributed by atoms with E-state index in [-0.39, 0.29) is 0 Å². The Morgan fingerprint density at radius 2 is 0.366 bits per heavy atom. The topological polar surface area (TPSA) is 23.1 Å². The Labute approximate surface area is 202 Å². The molecule has 0 atom stereocenters. The van der Waals surface area contributed by atoms with E-state index in [1.807, 2.05) is 0 Å². The van der Waals surface area contributed by atoms with Crippen LogP contribution >= 0.6 is 0 Å². The zero-order valence-electron chi connectivity index (χ0n) is 17.1. The summed E-state index contributed by atoms with van der Waals surface area (Å²) in [6, 6.07) is -31.0. The minimum absolute atomic E-state index is 8.58. The Morgan fingerprint density at radius 3 is 0.463 bits per heavy atom. The van der Waals surface area contributed by atoms with Gasteiger partial charge < -0.3 is 5.21 Å². The smallest absolute Gasteiger partial charge is 0.471 e. The van der Waals surface area contributed by atoms with Crippen LogP contribution in [0.4, 0.5) is 119 Å². The number of hydrogen-bond acceptors (Lipinski definition) is 1. The number of nitrogens with zero attached hydrogens (tertiary/aromatic N) is 1. The second-order valence-corrected chi connectivity index (χ2v) is 7.17. The van der Waals surface area contributed by atoms with Crippen LogP contribution in [0, 0.1) is 5.21 Å². The SMILES string of the molecule is [O-][N+](C(F)(F)C(F)(F)C(F)(F)C(F)(F)F)(C(F)(F)C(F)(F)C(F)(F)C(F)(F)F)C(F)(F)C(F)(F)C(F)(F)C(F)(F)F. The molecule has 248 valence electrons. The molecule has 0 aliphatic carbocycles. The van der Waals surface area contributed by atoms with E-state index in [9.17, 15) is 124 Å². The number of quaternary nitrogens is 1. The average molecular weight is 687 g/mol. The summed E-state index contributed by atoms with van der Waals surface area (Å²) in [6.45, 7) is 0. The molecule has 0 rings (SSSR count). The van der Waals surface area contributed by atoms with Crippen LogP contribution in [-0.4, -0.2) is 76.8 Å². The first-order valence-electron chi connectivity index (χ1n) is 8.21. The van der Waals surface area contributed by atoms with Crippen LogP contribution in [0.15, 0.2) is 0 Å². The van der Waals surface area contributed by atoms with E-state index in [1.165, 1.54) is 0 Å². The molecule has 0 aliphatic rings. The van der Waals surface area contributed by atoms with Crippen LogP contribution in [-0.2, 0) is 0 Å². The van der Waals surface area contributed by atoms with Crippen LogP contribution in [0.25, 0.3) is 0 Å². The fourth-order valence-electron chi connectivity index (χ4n) is 2.22. The molecule has 0 amide bonds. The molecule has 0 fully saturated rings. The monoisotopic (exact) mass is 687 g/mol. The van der Waals surface area contributed by atoms with E-state index >= 15 is 0 Å². The van der Waals surface area contributed by atoms with Gasteiger partial charge in [0.1, 0.15) is 0 Å². The van der Waals surface area contributed by atoms with Crippen molar-refractivity contribution in [2.24, 2.45) is 0 Å². The third-order valence-electron chi connectivity index (χ3n) is 4.57. The number of rotatable bonds is 9. The lowest BCUT2D eigenvalue weighted by Gasteiger charge is -2.57. The Balaban J connectivity index is 8.54. The van der Waals surface area contributed by atoms with Gasteiger partial charge in [-0.2, -0.15) is 96.8 Å². The Bertz CT molecular complexity index is 841. The lowest BCUT2D eigenvalue weighted by Crippen LogP contribution is -2.88. The van der Waals surface area contributed by atoms with Crippen molar-refractivity contribution in [2.75, 3.05) is 0 Å². The zero-order valence-corrected chi connectivity index (χ0v) is 17.1. The summed E-state index contributed by atoms with van der Waals surface area (Å²) in [5, 5.41) is 11.6. The molecular weight excluding hydrogens is 687 g/mol. The maximum atomic E-state index is 13.9. The highest BCUT2D eigenvalue weighted by Crippen LogP contribution is 2.69. The first-order valence-corrected chi connectivity index (χ1v) is 8.21. The van der Waals surface area contributed by atoms with Crippen molar-refractivity contribution >= 4 is 0 Å². The van der Waals surface area contributed by atoms with Crippen molar-refractivity contribution in [1.29, 1.82) is 0 Å². The second kappa shape index (κ2) is 9.02. The van der Waals surface area contributed by atoms with Gasteiger partial charge in [0.15, 0.2) is 0 Å². The molecule has 0 unspecified atom stereocenters. The van der Waals surface area contributed by atoms with Gasteiger partial charge in [0, 0.05) is 0 Å². The van der Waals surface area contributed by atoms with E-state index in [4.69, 9.17) is 0 Å². The summed E-state index contributed by atoms with van der Waals surface area (Å²) in [6.07, 6.45) is -25.7. The Kier molecular flexibility index (Phi) is 8.59. The first-order chi connectivity index (χ1) is 17.0. The minimum Gasteiger partial charge on any atom is -0.619 e. The molecule has 0 saturated heterocycles. The molecule has 0 aliphatic heterocycles. The summed E-state index contributed by atoms with van der Waals surface area (Å²) in [7, 11) is 0. The molecule has 0 spiro atoms. The molecule has 0 radical (unpaired) electrons. The quantitative estimate of drug-likeness (QED) is 0.103. The van der Waals surface area contributed by atoms with Crippen LogP contribution in [0.5, 0.6) is 0 Å². The predicted molar refractivity (Wildman–Crippen MR) is 66.3 cm³/mol. The van der Waals surface area contributed by atoms with Crippen LogP contribution in [0.1, 0.15) is 0 Å². The van der Waals surface area contributed by atoms with E-state index < -0.39 is 76.8 Å². The molecule has 0 aromatic rings. The highest BCUT2D eigenvalue weighted by atomic mass is 19.5. The number of alkyl halides is 27. The standard InChI is InChI=1S/C12F27NO/c13-1(14,7(25,26)27)4(19,20)10(34,35)40(41,11(36,37)5(21,22)2(15,16)8(28,29)30)12(38,39)6(23,24)3(17,18)9(31,32)33. The minimum atomic E-state index is -10.3. The van der Waals surface area contributed by atoms with Crippen LogP contribution < -0.4 is 0 Å². The van der Waals surface area contributed by atoms with Gasteiger partial charge in [0.25, 0.3) is 0 Å². The number of hydroxylamine groups is 3. The van der Waals surface area contributed by atoms with Gasteiger partial charge in [-0.05, 0) is 0 Å². The maximum absolute atomic E-state index is 13.9. The van der Waals surface area contributed by atoms with Crippen LogP contribution in [0.3, 0.4) is 0 Å². The molecule has 0 aromatic heterocycles. The molecular formula is C12F27NO. The molecule has 0 bridgehead atoms. The van der Waals surface area contributed by atoms with Crippen molar-refractivity contribution < 1.29 is 123 Å². The van der Waals surface area contributed by atoms with Gasteiger partial charge in [0.05, 0.1) is 0 Å². The second-order valence-electron chi connectivity index (χ2n) is 7.17. The largest absolute Gasteiger partial charge is 0.619 e. The van der Waals surface area contributed by atoms with E-state index in [1.54, 1.807) is 0 Å². The molecule has 0 aromatic carbocycles. The molecule has 41 heavy (non-hydrogen) atoms. The third kappa shape index (κ3) is 4.39. The van der Waals surface area contributed by atoms with Crippen molar-refractivity contribution in [3.05, 3.63) is 5.21 Å². The molecule has 29 heteroatoms. The van der Waals surface area contributed by atoms with E-state index in [2.05, 4.69) is 0 Å². The van der Waals surface area contributed by atoms with Crippen molar-refractivity contribution in [3.63, 3.8) is 0 Å². The predicted octanol–water partition coefficient (Wildman–Crippen LogP) is 8.58. The number of hydrogen-bond donors (Lipinski definition) is 0. The van der Waals surface area contributed by atoms with Crippen molar-refractivity contribution in [1.82, 2.24) is 0 Å². The molecule has 0 saturated carbocycles. The van der Waals surface area contributed by atoms with E-state index in [0.717, 1.165) is 0 Å². The maximum Gasteiger partial charge on any atom is 0.471 e. The van der Waals surface area contributed by atoms with Crippen LogP contribution in [0.2, 0.25) is 0 Å². The molecule has 2 nitrogen and oxygen atoms in total. The highest BCUT2D eigenvalue weighted by molar-refractivity contribution is 5.06. The fourth-order valence-corrected chi connectivity index (χ4v) is 2.22. The van der Waals surface area contributed by atoms with Crippen molar-refractivity contribution in [3.8, 4) is 0 Å². The molecule has 0 N–H and O–H groups in total. The zero-order chi connectivity index (χ0) is 34.5. The van der Waals surface area contributed by atoms with Gasteiger partial charge in [-0.15, -0.1) is 26.3 Å². The first kappa shape index (κ1) is 39.0. The average Bonchev–Trinajstić information content (AvgIpc) is 2.69. The highest BCUT2D eigenvalue weighted by Gasteiger charge is 3.02. The Morgan fingerprint density at radius 1 is 0.244 bits per heavy atom. The van der Waals surface area contributed by atoms with Gasteiger partial charge in [-0.1, -0.05) is 0 Å². The third-order valence-corrected chi connectivity index (χ3v) is 4.57. The fraction of sp³-hybridized carbons (Fsp3) is 1.00. The summed E-state index contributed by atoms with van der Waals surface area (Å²) < 4.78 is 342. The van der Waals surface area contributed by atoms with Crippen molar-refractivity contribution in [2.45, 2.75) is 72.2 Å².